The fraction of sp³-hybridized carbons (Fsp3) is 0.182. The first kappa shape index (κ1) is 15.3. The lowest BCUT2D eigenvalue weighted by molar-refractivity contribution is 0.181. The molecule has 4 heteroatoms. The van der Waals surface area contributed by atoms with E-state index in [-0.39, 0.29) is 0 Å². The number of nitrogens with zero attached hydrogens (tertiary/aromatic N) is 4. The largest absolute Gasteiger partial charge is 0.279 e. The van der Waals surface area contributed by atoms with E-state index in [2.05, 4.69) is 75.9 Å². The Balaban J connectivity index is 1.49. The summed E-state index contributed by atoms with van der Waals surface area (Å²) in [4.78, 5) is 2.46. The third-order valence-corrected chi connectivity index (χ3v) is 5.22. The van der Waals surface area contributed by atoms with E-state index in [0.29, 0.717) is 5.92 Å². The van der Waals surface area contributed by atoms with Gasteiger partial charge in [0, 0.05) is 19.0 Å². The van der Waals surface area contributed by atoms with Crippen LogP contribution in [0.15, 0.2) is 78.9 Å². The van der Waals surface area contributed by atoms with Gasteiger partial charge in [-0.2, -0.15) is 0 Å². The van der Waals surface area contributed by atoms with Crippen LogP contribution in [0.5, 0.6) is 0 Å². The van der Waals surface area contributed by atoms with Crippen LogP contribution in [0.2, 0.25) is 0 Å². The van der Waals surface area contributed by atoms with Gasteiger partial charge < -0.3 is 0 Å². The topological polar surface area (TPSA) is 34.0 Å². The molecule has 2 heterocycles. The summed E-state index contributed by atoms with van der Waals surface area (Å²) in [5.74, 6) is 0.385. The number of para-hydroxylation sites is 1. The van der Waals surface area contributed by atoms with E-state index in [0.717, 1.165) is 30.8 Å². The number of hydrogen-bond acceptors (Lipinski definition) is 3. The summed E-state index contributed by atoms with van der Waals surface area (Å²) in [5, 5.41) is 8.66. The van der Waals surface area contributed by atoms with E-state index in [9.17, 15) is 0 Å². The predicted octanol–water partition coefficient (Wildman–Crippen LogP) is 4.04. The molecule has 1 aliphatic rings. The quantitative estimate of drug-likeness (QED) is 0.564. The molecule has 1 unspecified atom stereocenters. The van der Waals surface area contributed by atoms with Crippen LogP contribution in [0.3, 0.4) is 0 Å². The molecule has 5 rings (SSSR count). The SMILES string of the molecule is c1ccc(C2CN(Cn3nnc4ccccc43)Cc3ccccc32)cc1. The van der Waals surface area contributed by atoms with Crippen molar-refractivity contribution in [1.82, 2.24) is 19.9 Å². The Labute approximate surface area is 152 Å². The summed E-state index contributed by atoms with van der Waals surface area (Å²) < 4.78 is 2.01. The average molecular weight is 340 g/mol. The lowest BCUT2D eigenvalue weighted by atomic mass is 9.85. The molecule has 1 aliphatic heterocycles. The number of aromatic nitrogens is 3. The molecule has 0 bridgehead atoms. The Morgan fingerprint density at radius 2 is 1.62 bits per heavy atom. The maximum atomic E-state index is 4.37. The molecule has 26 heavy (non-hydrogen) atoms. The molecule has 0 fully saturated rings. The Kier molecular flexibility index (Phi) is 3.76. The van der Waals surface area contributed by atoms with Crippen LogP contribution in [0.4, 0.5) is 0 Å². The summed E-state index contributed by atoms with van der Waals surface area (Å²) in [6.07, 6.45) is 0. The van der Waals surface area contributed by atoms with Crippen molar-refractivity contribution in [2.75, 3.05) is 6.54 Å². The van der Waals surface area contributed by atoms with E-state index in [1.807, 2.05) is 22.9 Å². The van der Waals surface area contributed by atoms with Crippen LogP contribution in [0.1, 0.15) is 22.6 Å². The molecule has 1 atom stereocenters. The summed E-state index contributed by atoms with van der Waals surface area (Å²) in [7, 11) is 0. The van der Waals surface area contributed by atoms with Crippen LogP contribution < -0.4 is 0 Å². The van der Waals surface area contributed by atoms with Gasteiger partial charge in [0.15, 0.2) is 0 Å². The summed E-state index contributed by atoms with van der Waals surface area (Å²) in [5.41, 5.74) is 6.25. The Morgan fingerprint density at radius 3 is 2.54 bits per heavy atom. The first-order chi connectivity index (χ1) is 12.9. The summed E-state index contributed by atoms with van der Waals surface area (Å²) >= 11 is 0. The average Bonchev–Trinajstić information content (AvgIpc) is 3.11. The zero-order valence-corrected chi connectivity index (χ0v) is 14.5. The molecular formula is C22H20N4. The second-order valence-electron chi connectivity index (χ2n) is 6.89. The second kappa shape index (κ2) is 6.39. The molecule has 4 nitrogen and oxygen atoms in total. The molecule has 1 aromatic heterocycles. The predicted molar refractivity (Wildman–Crippen MR) is 103 cm³/mol. The molecule has 4 aromatic rings. The summed E-state index contributed by atoms with van der Waals surface area (Å²) in [6, 6.07) is 27.7. The van der Waals surface area contributed by atoms with Crippen LogP contribution >= 0.6 is 0 Å². The van der Waals surface area contributed by atoms with E-state index >= 15 is 0 Å². The third-order valence-electron chi connectivity index (χ3n) is 5.22. The van der Waals surface area contributed by atoms with Gasteiger partial charge in [0.1, 0.15) is 5.52 Å². The summed E-state index contributed by atoms with van der Waals surface area (Å²) in [6.45, 7) is 2.67. The minimum absolute atomic E-state index is 0.385. The maximum absolute atomic E-state index is 4.37. The van der Waals surface area contributed by atoms with E-state index in [1.54, 1.807) is 0 Å². The molecule has 0 N–H and O–H groups in total. The molecule has 0 spiro atoms. The van der Waals surface area contributed by atoms with Crippen molar-refractivity contribution in [3.05, 3.63) is 95.6 Å². The molecule has 0 aliphatic carbocycles. The van der Waals surface area contributed by atoms with Gasteiger partial charge in [0.25, 0.3) is 0 Å². The maximum Gasteiger partial charge on any atom is 0.113 e. The lowest BCUT2D eigenvalue weighted by Crippen LogP contribution is -2.35. The standard InChI is InChI=1S/C22H20N4/c1-2-8-17(9-3-1)20-15-25(14-18-10-4-5-11-19(18)20)16-26-22-13-7-6-12-21(22)23-24-26/h1-13,20H,14-16H2. The second-order valence-corrected chi connectivity index (χ2v) is 6.89. The zero-order chi connectivity index (χ0) is 17.3. The molecule has 0 amide bonds. The Bertz CT molecular complexity index is 1040. The van der Waals surface area contributed by atoms with Crippen LogP contribution in [0.25, 0.3) is 11.0 Å². The number of benzene rings is 3. The van der Waals surface area contributed by atoms with Crippen molar-refractivity contribution in [3.63, 3.8) is 0 Å². The van der Waals surface area contributed by atoms with Crippen LogP contribution in [0, 0.1) is 0 Å². The minimum atomic E-state index is 0.385. The van der Waals surface area contributed by atoms with Gasteiger partial charge in [-0.05, 0) is 28.8 Å². The van der Waals surface area contributed by atoms with Gasteiger partial charge in [-0.25, -0.2) is 4.68 Å². The van der Waals surface area contributed by atoms with Gasteiger partial charge in [0.05, 0.1) is 12.2 Å². The Morgan fingerprint density at radius 1 is 0.846 bits per heavy atom. The fourth-order valence-electron chi connectivity index (χ4n) is 3.97. The van der Waals surface area contributed by atoms with Crippen LogP contribution in [-0.4, -0.2) is 26.4 Å². The highest BCUT2D eigenvalue weighted by atomic mass is 15.5. The smallest absolute Gasteiger partial charge is 0.113 e. The van der Waals surface area contributed by atoms with Crippen molar-refractivity contribution in [3.8, 4) is 0 Å². The Hall–Kier alpha value is -2.98. The van der Waals surface area contributed by atoms with E-state index in [4.69, 9.17) is 0 Å². The number of rotatable bonds is 3. The molecular weight excluding hydrogens is 320 g/mol. The monoisotopic (exact) mass is 340 g/mol. The van der Waals surface area contributed by atoms with Crippen molar-refractivity contribution in [2.24, 2.45) is 0 Å². The molecule has 3 aromatic carbocycles. The fourth-order valence-corrected chi connectivity index (χ4v) is 3.97. The van der Waals surface area contributed by atoms with Crippen molar-refractivity contribution in [1.29, 1.82) is 0 Å². The van der Waals surface area contributed by atoms with Crippen LogP contribution in [-0.2, 0) is 13.2 Å². The third kappa shape index (κ3) is 2.68. The lowest BCUT2D eigenvalue weighted by Gasteiger charge is -2.34. The van der Waals surface area contributed by atoms with E-state index < -0.39 is 0 Å². The minimum Gasteiger partial charge on any atom is -0.279 e. The van der Waals surface area contributed by atoms with Gasteiger partial charge in [-0.3, -0.25) is 4.90 Å². The number of fused-ring (bicyclic) bond motifs is 2. The number of hydrogen-bond donors (Lipinski definition) is 0. The highest BCUT2D eigenvalue weighted by Gasteiger charge is 2.26. The van der Waals surface area contributed by atoms with Gasteiger partial charge >= 0.3 is 0 Å². The van der Waals surface area contributed by atoms with Gasteiger partial charge in [-0.15, -0.1) is 5.10 Å². The molecule has 0 saturated heterocycles. The highest BCUT2D eigenvalue weighted by molar-refractivity contribution is 5.73. The van der Waals surface area contributed by atoms with Crippen molar-refractivity contribution in [2.45, 2.75) is 19.1 Å². The molecule has 0 saturated carbocycles. The normalized spacial score (nSPS) is 17.3. The van der Waals surface area contributed by atoms with Crippen molar-refractivity contribution >= 4 is 11.0 Å². The van der Waals surface area contributed by atoms with E-state index in [1.165, 1.54) is 16.7 Å². The van der Waals surface area contributed by atoms with Crippen molar-refractivity contribution < 1.29 is 0 Å². The first-order valence-electron chi connectivity index (χ1n) is 9.02. The first-order valence-corrected chi connectivity index (χ1v) is 9.02. The highest BCUT2D eigenvalue weighted by Crippen LogP contribution is 2.33. The van der Waals surface area contributed by atoms with Gasteiger partial charge in [-0.1, -0.05) is 71.9 Å². The zero-order valence-electron chi connectivity index (χ0n) is 14.5. The molecule has 128 valence electrons. The van der Waals surface area contributed by atoms with Gasteiger partial charge in [0.2, 0.25) is 0 Å². The molecule has 0 radical (unpaired) electrons.